The minimum atomic E-state index is -3.86. The van der Waals surface area contributed by atoms with Crippen molar-refractivity contribution in [1.82, 2.24) is 4.31 Å². The average molecular weight is 469 g/mol. The van der Waals surface area contributed by atoms with E-state index in [9.17, 15) is 22.4 Å². The van der Waals surface area contributed by atoms with Gasteiger partial charge in [-0.15, -0.1) is 0 Å². The Labute approximate surface area is 185 Å². The molecule has 7 nitrogen and oxygen atoms in total. The molecular weight excluding hydrogens is 447 g/mol. The molecule has 0 unspecified atom stereocenters. The Balaban J connectivity index is 1.67. The van der Waals surface area contributed by atoms with E-state index in [0.717, 1.165) is 25.7 Å². The zero-order chi connectivity index (χ0) is 22.4. The first-order valence-corrected chi connectivity index (χ1v) is 11.6. The number of ether oxygens (including phenoxy) is 1. The van der Waals surface area contributed by atoms with Gasteiger partial charge in [0.25, 0.3) is 5.91 Å². The van der Waals surface area contributed by atoms with Crippen molar-refractivity contribution in [2.75, 3.05) is 25.0 Å². The molecule has 1 aliphatic heterocycles. The molecule has 0 aromatic heterocycles. The molecule has 10 heteroatoms. The fraction of sp³-hybridized carbons (Fsp3) is 0.333. The summed E-state index contributed by atoms with van der Waals surface area (Å²) >= 11 is 6.13. The van der Waals surface area contributed by atoms with E-state index >= 15 is 0 Å². The summed E-state index contributed by atoms with van der Waals surface area (Å²) in [5.74, 6) is -1.93. The fourth-order valence-electron chi connectivity index (χ4n) is 3.19. The topological polar surface area (TPSA) is 92.8 Å². The highest BCUT2D eigenvalue weighted by atomic mass is 35.5. The van der Waals surface area contributed by atoms with Crippen molar-refractivity contribution < 1.29 is 27.1 Å². The number of esters is 1. The van der Waals surface area contributed by atoms with Crippen LogP contribution in [0.25, 0.3) is 0 Å². The van der Waals surface area contributed by atoms with E-state index in [4.69, 9.17) is 16.3 Å². The lowest BCUT2D eigenvalue weighted by Crippen LogP contribution is -2.32. The second-order valence-corrected chi connectivity index (χ2v) is 9.41. The van der Waals surface area contributed by atoms with Crippen LogP contribution in [0.4, 0.5) is 10.1 Å². The molecule has 31 heavy (non-hydrogen) atoms. The third-order valence-corrected chi connectivity index (χ3v) is 7.19. The van der Waals surface area contributed by atoms with Gasteiger partial charge in [0, 0.05) is 18.8 Å². The molecule has 0 saturated carbocycles. The van der Waals surface area contributed by atoms with Crippen LogP contribution in [-0.4, -0.2) is 44.3 Å². The number of halogens is 2. The van der Waals surface area contributed by atoms with Gasteiger partial charge in [0.05, 0.1) is 10.6 Å². The second kappa shape index (κ2) is 10.2. The number of sulfonamides is 1. The zero-order valence-corrected chi connectivity index (χ0v) is 18.2. The normalized spacial score (nSPS) is 15.2. The molecule has 1 amide bonds. The molecule has 0 atom stereocenters. The molecule has 2 aromatic carbocycles. The smallest absolute Gasteiger partial charge is 0.338 e. The quantitative estimate of drug-likeness (QED) is 0.650. The SMILES string of the molecule is O=C(COC(=O)c1ccc(Cl)c(S(=O)(=O)N2CCCCCC2)c1)Nc1ccc(F)cc1. The lowest BCUT2D eigenvalue weighted by molar-refractivity contribution is -0.119. The van der Waals surface area contributed by atoms with E-state index in [-0.39, 0.29) is 15.5 Å². The number of anilines is 1. The van der Waals surface area contributed by atoms with Crippen LogP contribution in [0.2, 0.25) is 5.02 Å². The first kappa shape index (κ1) is 23.2. The van der Waals surface area contributed by atoms with Crippen molar-refractivity contribution in [3.05, 3.63) is 58.9 Å². The number of nitrogens with one attached hydrogen (secondary N) is 1. The maximum Gasteiger partial charge on any atom is 0.338 e. The van der Waals surface area contributed by atoms with Gasteiger partial charge in [0.2, 0.25) is 10.0 Å². The van der Waals surface area contributed by atoms with Gasteiger partial charge in [0.15, 0.2) is 6.61 Å². The molecule has 1 N–H and O–H groups in total. The van der Waals surface area contributed by atoms with Gasteiger partial charge < -0.3 is 10.1 Å². The van der Waals surface area contributed by atoms with Crippen LogP contribution in [0.5, 0.6) is 0 Å². The summed E-state index contributed by atoms with van der Waals surface area (Å²) in [5.41, 5.74) is 0.312. The van der Waals surface area contributed by atoms with Crippen molar-refractivity contribution >= 4 is 39.2 Å². The number of hydrogen-bond acceptors (Lipinski definition) is 5. The van der Waals surface area contributed by atoms with Crippen LogP contribution in [0, 0.1) is 5.82 Å². The number of amides is 1. The monoisotopic (exact) mass is 468 g/mol. The molecule has 0 aliphatic carbocycles. The molecule has 0 bridgehead atoms. The summed E-state index contributed by atoms with van der Waals surface area (Å²) in [6.07, 6.45) is 3.46. The Morgan fingerprint density at radius 2 is 1.68 bits per heavy atom. The van der Waals surface area contributed by atoms with Crippen molar-refractivity contribution in [2.24, 2.45) is 0 Å². The molecule has 0 spiro atoms. The maximum absolute atomic E-state index is 13.0. The number of hydrogen-bond donors (Lipinski definition) is 1. The van der Waals surface area contributed by atoms with Gasteiger partial charge in [-0.3, -0.25) is 4.79 Å². The van der Waals surface area contributed by atoms with Crippen LogP contribution in [0.3, 0.4) is 0 Å². The number of benzene rings is 2. The van der Waals surface area contributed by atoms with Crippen molar-refractivity contribution in [3.63, 3.8) is 0 Å². The largest absolute Gasteiger partial charge is 0.452 e. The molecule has 1 saturated heterocycles. The molecule has 1 heterocycles. The minimum absolute atomic E-state index is 0.00912. The molecule has 1 aliphatic rings. The van der Waals surface area contributed by atoms with Crippen LogP contribution < -0.4 is 5.32 Å². The molecule has 2 aromatic rings. The van der Waals surface area contributed by atoms with Gasteiger partial charge in [-0.2, -0.15) is 4.31 Å². The number of nitrogens with zero attached hydrogens (tertiary/aromatic N) is 1. The summed E-state index contributed by atoms with van der Waals surface area (Å²) in [4.78, 5) is 24.1. The summed E-state index contributed by atoms with van der Waals surface area (Å²) in [6, 6.07) is 8.93. The molecular formula is C21H22ClFN2O5S. The van der Waals surface area contributed by atoms with Gasteiger partial charge in [-0.05, 0) is 55.3 Å². The standard InChI is InChI=1S/C21H22ClFN2O5S/c22-18-10-5-15(13-19(18)31(28,29)25-11-3-1-2-4-12-25)21(27)30-14-20(26)24-17-8-6-16(23)7-9-17/h5-10,13H,1-4,11-12,14H2,(H,24,26). The summed E-state index contributed by atoms with van der Waals surface area (Å²) in [7, 11) is -3.86. The lowest BCUT2D eigenvalue weighted by Gasteiger charge is -2.21. The highest BCUT2D eigenvalue weighted by molar-refractivity contribution is 7.89. The predicted octanol–water partition coefficient (Wildman–Crippen LogP) is 3.84. The number of rotatable bonds is 6. The Morgan fingerprint density at radius 3 is 2.32 bits per heavy atom. The van der Waals surface area contributed by atoms with Crippen molar-refractivity contribution in [2.45, 2.75) is 30.6 Å². The summed E-state index contributed by atoms with van der Waals surface area (Å²) in [5, 5.41) is 2.47. The Hall–Kier alpha value is -2.49. The zero-order valence-electron chi connectivity index (χ0n) is 16.6. The Kier molecular flexibility index (Phi) is 7.64. The molecule has 166 valence electrons. The third kappa shape index (κ3) is 6.03. The predicted molar refractivity (Wildman–Crippen MR) is 114 cm³/mol. The van der Waals surface area contributed by atoms with E-state index in [2.05, 4.69) is 5.32 Å². The van der Waals surface area contributed by atoms with Crippen molar-refractivity contribution in [3.8, 4) is 0 Å². The third-order valence-electron chi connectivity index (χ3n) is 4.81. The Bertz CT molecular complexity index is 1050. The van der Waals surface area contributed by atoms with Crippen LogP contribution in [-0.2, 0) is 19.6 Å². The average Bonchev–Trinajstić information content (AvgIpc) is 3.04. The fourth-order valence-corrected chi connectivity index (χ4v) is 5.21. The first-order chi connectivity index (χ1) is 14.8. The minimum Gasteiger partial charge on any atom is -0.452 e. The van der Waals surface area contributed by atoms with Crippen molar-refractivity contribution in [1.29, 1.82) is 0 Å². The highest BCUT2D eigenvalue weighted by Crippen LogP contribution is 2.28. The van der Waals surface area contributed by atoms with Gasteiger partial charge in [-0.25, -0.2) is 17.6 Å². The maximum atomic E-state index is 13.0. The number of carbonyl (C=O) groups excluding carboxylic acids is 2. The molecule has 3 rings (SSSR count). The van der Waals surface area contributed by atoms with E-state index in [0.29, 0.717) is 18.8 Å². The summed E-state index contributed by atoms with van der Waals surface area (Å²) < 4.78 is 45.3. The second-order valence-electron chi connectivity index (χ2n) is 7.09. The van der Waals surface area contributed by atoms with E-state index in [1.165, 1.54) is 46.8 Å². The molecule has 1 fully saturated rings. The molecule has 0 radical (unpaired) electrons. The highest BCUT2D eigenvalue weighted by Gasteiger charge is 2.28. The lowest BCUT2D eigenvalue weighted by atomic mass is 10.2. The van der Waals surface area contributed by atoms with Crippen LogP contribution in [0.15, 0.2) is 47.4 Å². The number of carbonyl (C=O) groups is 2. The van der Waals surface area contributed by atoms with E-state index < -0.39 is 34.3 Å². The van der Waals surface area contributed by atoms with E-state index in [1.54, 1.807) is 0 Å². The van der Waals surface area contributed by atoms with Gasteiger partial charge >= 0.3 is 5.97 Å². The van der Waals surface area contributed by atoms with Gasteiger partial charge in [-0.1, -0.05) is 24.4 Å². The van der Waals surface area contributed by atoms with Gasteiger partial charge in [0.1, 0.15) is 10.7 Å². The van der Waals surface area contributed by atoms with E-state index in [1.807, 2.05) is 0 Å². The first-order valence-electron chi connectivity index (χ1n) is 9.79. The Morgan fingerprint density at radius 1 is 1.03 bits per heavy atom. The summed E-state index contributed by atoms with van der Waals surface area (Å²) in [6.45, 7) is 0.209. The van der Waals surface area contributed by atoms with Crippen LogP contribution in [0.1, 0.15) is 36.0 Å². The van der Waals surface area contributed by atoms with Crippen LogP contribution >= 0.6 is 11.6 Å².